The van der Waals surface area contributed by atoms with Crippen molar-refractivity contribution in [1.29, 1.82) is 0 Å². The van der Waals surface area contributed by atoms with Crippen molar-refractivity contribution < 1.29 is 14.3 Å². The van der Waals surface area contributed by atoms with Crippen LogP contribution in [0.5, 0.6) is 5.75 Å². The minimum Gasteiger partial charge on any atom is -0.494 e. The molecule has 3 rings (SSSR count). The van der Waals surface area contributed by atoms with E-state index in [0.29, 0.717) is 19.1 Å². The first kappa shape index (κ1) is 19.7. The van der Waals surface area contributed by atoms with E-state index in [9.17, 15) is 9.59 Å². The number of piperidine rings is 1. The number of nitrogens with one attached hydrogen (secondary N) is 2. The van der Waals surface area contributed by atoms with E-state index in [4.69, 9.17) is 4.74 Å². The van der Waals surface area contributed by atoms with E-state index < -0.39 is 0 Å². The first-order valence-corrected chi connectivity index (χ1v) is 10.2. The second-order valence-corrected chi connectivity index (χ2v) is 7.63. The maximum absolute atomic E-state index is 12.0. The van der Waals surface area contributed by atoms with Crippen LogP contribution >= 0.6 is 0 Å². The molecular weight excluding hydrogens is 342 g/mol. The van der Waals surface area contributed by atoms with Crippen molar-refractivity contribution >= 4 is 11.9 Å². The molecule has 1 aliphatic heterocycles. The number of carbonyl (C=O) groups is 2. The van der Waals surface area contributed by atoms with Gasteiger partial charge in [-0.3, -0.25) is 15.0 Å². The monoisotopic (exact) mass is 373 g/mol. The van der Waals surface area contributed by atoms with Crippen LogP contribution in [-0.2, 0) is 11.2 Å². The van der Waals surface area contributed by atoms with Gasteiger partial charge in [0.05, 0.1) is 13.2 Å². The molecule has 0 bridgehead atoms. The maximum Gasteiger partial charge on any atom is 0.321 e. The third-order valence-electron chi connectivity index (χ3n) is 5.32. The summed E-state index contributed by atoms with van der Waals surface area (Å²) in [5.41, 5.74) is 1.35. The van der Waals surface area contributed by atoms with Gasteiger partial charge >= 0.3 is 6.03 Å². The van der Waals surface area contributed by atoms with Gasteiger partial charge in [-0.15, -0.1) is 0 Å². The molecule has 0 aromatic heterocycles. The van der Waals surface area contributed by atoms with Crippen molar-refractivity contribution in [2.45, 2.75) is 51.5 Å². The van der Waals surface area contributed by atoms with Gasteiger partial charge in [-0.1, -0.05) is 12.1 Å². The lowest BCUT2D eigenvalue weighted by molar-refractivity contribution is -0.121. The normalized spacial score (nSPS) is 18.1. The predicted octanol–water partition coefficient (Wildman–Crippen LogP) is 2.72. The average molecular weight is 373 g/mol. The lowest BCUT2D eigenvalue weighted by Crippen LogP contribution is -2.46. The Morgan fingerprint density at radius 2 is 1.81 bits per heavy atom. The van der Waals surface area contributed by atoms with Crippen molar-refractivity contribution in [3.8, 4) is 5.75 Å². The van der Waals surface area contributed by atoms with Gasteiger partial charge in [0.2, 0.25) is 5.91 Å². The number of hydrogen-bond acceptors (Lipinski definition) is 4. The molecule has 1 saturated heterocycles. The quantitative estimate of drug-likeness (QED) is 0.735. The van der Waals surface area contributed by atoms with Gasteiger partial charge in [0.1, 0.15) is 5.75 Å². The number of hydrogen-bond donors (Lipinski definition) is 2. The van der Waals surface area contributed by atoms with Crippen molar-refractivity contribution in [3.05, 3.63) is 29.8 Å². The van der Waals surface area contributed by atoms with Crippen LogP contribution in [0.1, 0.15) is 44.6 Å². The first-order valence-electron chi connectivity index (χ1n) is 10.2. The van der Waals surface area contributed by atoms with Crippen molar-refractivity contribution in [2.24, 2.45) is 5.92 Å². The summed E-state index contributed by atoms with van der Waals surface area (Å²) >= 11 is 0. The second-order valence-electron chi connectivity index (χ2n) is 7.63. The Hall–Kier alpha value is -2.08. The van der Waals surface area contributed by atoms with E-state index in [2.05, 4.69) is 27.7 Å². The van der Waals surface area contributed by atoms with Gasteiger partial charge in [0, 0.05) is 6.04 Å². The standard InChI is InChI=1S/C21H31N3O3/c1-2-27-19-9-5-16(6-10-19)3-4-17-11-13-24(14-12-17)15-20(25)23-21(26)22-18-7-8-18/h5-6,9-10,17-18H,2-4,7-8,11-15H2,1H3,(H2,22,23,25,26). The number of aryl methyl sites for hydroxylation is 1. The number of ether oxygens (including phenoxy) is 1. The molecule has 0 spiro atoms. The van der Waals surface area contributed by atoms with E-state index in [0.717, 1.165) is 50.9 Å². The van der Waals surface area contributed by atoms with E-state index in [1.165, 1.54) is 12.0 Å². The van der Waals surface area contributed by atoms with Gasteiger partial charge in [0.25, 0.3) is 0 Å². The van der Waals surface area contributed by atoms with Gasteiger partial charge in [0.15, 0.2) is 0 Å². The third-order valence-corrected chi connectivity index (χ3v) is 5.32. The van der Waals surface area contributed by atoms with E-state index >= 15 is 0 Å². The van der Waals surface area contributed by atoms with Crippen molar-refractivity contribution in [2.75, 3.05) is 26.2 Å². The average Bonchev–Trinajstić information content (AvgIpc) is 3.46. The fourth-order valence-corrected chi connectivity index (χ4v) is 3.54. The Morgan fingerprint density at radius 3 is 2.44 bits per heavy atom. The summed E-state index contributed by atoms with van der Waals surface area (Å²) in [5.74, 6) is 1.42. The summed E-state index contributed by atoms with van der Waals surface area (Å²) < 4.78 is 5.48. The highest BCUT2D eigenvalue weighted by molar-refractivity contribution is 5.95. The Bertz CT molecular complexity index is 620. The van der Waals surface area contributed by atoms with Crippen LogP contribution < -0.4 is 15.4 Å². The van der Waals surface area contributed by atoms with Crippen LogP contribution in [0.4, 0.5) is 4.79 Å². The minimum atomic E-state index is -0.354. The summed E-state index contributed by atoms with van der Waals surface area (Å²) in [5, 5.41) is 5.20. The number of amides is 3. The molecule has 1 aliphatic carbocycles. The van der Waals surface area contributed by atoms with Gasteiger partial charge in [-0.05, 0) is 82.2 Å². The number of urea groups is 1. The number of benzene rings is 1. The first-order chi connectivity index (χ1) is 13.1. The molecule has 6 heteroatoms. The zero-order valence-electron chi connectivity index (χ0n) is 16.2. The summed E-state index contributed by atoms with van der Waals surface area (Å²) in [7, 11) is 0. The second kappa shape index (κ2) is 9.74. The summed E-state index contributed by atoms with van der Waals surface area (Å²) in [4.78, 5) is 25.7. The molecule has 1 heterocycles. The highest BCUT2D eigenvalue weighted by Gasteiger charge is 2.25. The number of likely N-dealkylation sites (tertiary alicyclic amines) is 1. The molecule has 0 atom stereocenters. The maximum atomic E-state index is 12.0. The fraction of sp³-hybridized carbons (Fsp3) is 0.619. The van der Waals surface area contributed by atoms with Gasteiger partial charge < -0.3 is 10.1 Å². The largest absolute Gasteiger partial charge is 0.494 e. The van der Waals surface area contributed by atoms with Crippen LogP contribution in [0.25, 0.3) is 0 Å². The minimum absolute atomic E-state index is 0.207. The molecule has 2 fully saturated rings. The number of rotatable bonds is 8. The number of nitrogens with zero attached hydrogens (tertiary/aromatic N) is 1. The molecule has 2 aliphatic rings. The third kappa shape index (κ3) is 6.86. The summed E-state index contributed by atoms with van der Waals surface area (Å²) in [6.45, 7) is 4.84. The van der Waals surface area contributed by atoms with Crippen molar-refractivity contribution in [1.82, 2.24) is 15.5 Å². The summed E-state index contributed by atoms with van der Waals surface area (Å²) in [6.07, 6.45) is 6.52. The van der Waals surface area contributed by atoms with Crippen LogP contribution in [-0.4, -0.2) is 49.1 Å². The smallest absolute Gasteiger partial charge is 0.321 e. The van der Waals surface area contributed by atoms with Crippen LogP contribution in [0, 0.1) is 5.92 Å². The molecule has 0 unspecified atom stereocenters. The van der Waals surface area contributed by atoms with E-state index in [1.54, 1.807) is 0 Å². The predicted molar refractivity (Wildman–Crippen MR) is 105 cm³/mol. The van der Waals surface area contributed by atoms with E-state index in [1.807, 2.05) is 19.1 Å². The molecule has 1 aromatic rings. The zero-order valence-corrected chi connectivity index (χ0v) is 16.2. The highest BCUT2D eigenvalue weighted by atomic mass is 16.5. The zero-order chi connectivity index (χ0) is 19.1. The van der Waals surface area contributed by atoms with E-state index in [-0.39, 0.29) is 18.0 Å². The summed E-state index contributed by atoms with van der Waals surface area (Å²) in [6, 6.07) is 8.30. The van der Waals surface area contributed by atoms with Crippen LogP contribution in [0.2, 0.25) is 0 Å². The number of carbonyl (C=O) groups excluding carboxylic acids is 2. The molecule has 0 radical (unpaired) electrons. The Balaban J connectivity index is 1.31. The molecule has 6 nitrogen and oxygen atoms in total. The van der Waals surface area contributed by atoms with Gasteiger partial charge in [-0.25, -0.2) is 4.79 Å². The Labute approximate surface area is 161 Å². The van der Waals surface area contributed by atoms with Crippen LogP contribution in [0.15, 0.2) is 24.3 Å². The lowest BCUT2D eigenvalue weighted by atomic mass is 9.90. The number of imide groups is 1. The highest BCUT2D eigenvalue weighted by Crippen LogP contribution is 2.23. The molecule has 27 heavy (non-hydrogen) atoms. The molecule has 1 saturated carbocycles. The Kier molecular flexibility index (Phi) is 7.10. The van der Waals surface area contributed by atoms with Crippen molar-refractivity contribution in [3.63, 3.8) is 0 Å². The topological polar surface area (TPSA) is 70.7 Å². The Morgan fingerprint density at radius 1 is 1.11 bits per heavy atom. The van der Waals surface area contributed by atoms with Gasteiger partial charge in [-0.2, -0.15) is 0 Å². The lowest BCUT2D eigenvalue weighted by Gasteiger charge is -2.31. The SMILES string of the molecule is CCOc1ccc(CCC2CCN(CC(=O)NC(=O)NC3CC3)CC2)cc1. The molecular formula is C21H31N3O3. The molecule has 148 valence electrons. The molecule has 1 aromatic carbocycles. The fourth-order valence-electron chi connectivity index (χ4n) is 3.54. The molecule has 2 N–H and O–H groups in total. The van der Waals surface area contributed by atoms with Crippen LogP contribution in [0.3, 0.4) is 0 Å². The molecule has 3 amide bonds.